The van der Waals surface area contributed by atoms with Crippen molar-refractivity contribution in [2.45, 2.75) is 38.9 Å². The molecule has 0 unspecified atom stereocenters. The van der Waals surface area contributed by atoms with Crippen LogP contribution in [-0.2, 0) is 4.74 Å². The van der Waals surface area contributed by atoms with Crippen LogP contribution < -0.4 is 0 Å². The fraction of sp³-hybridized carbons (Fsp3) is 0.500. The van der Waals surface area contributed by atoms with Gasteiger partial charge in [-0.05, 0) is 51.8 Å². The lowest BCUT2D eigenvalue weighted by Crippen LogP contribution is -2.18. The van der Waals surface area contributed by atoms with E-state index < -0.39 is 0 Å². The minimum absolute atomic E-state index is 0.140. The summed E-state index contributed by atoms with van der Waals surface area (Å²) in [7, 11) is 0. The van der Waals surface area contributed by atoms with Crippen molar-refractivity contribution < 1.29 is 4.74 Å². The van der Waals surface area contributed by atoms with Gasteiger partial charge in [0, 0.05) is 16.7 Å². The first-order chi connectivity index (χ1) is 7.98. The van der Waals surface area contributed by atoms with E-state index in [4.69, 9.17) is 4.74 Å². The topological polar surface area (TPSA) is 21.6 Å². The smallest absolute Gasteiger partial charge is 0.124 e. The summed E-state index contributed by atoms with van der Waals surface area (Å²) in [4.78, 5) is 0. The highest BCUT2D eigenvalue weighted by Crippen LogP contribution is 2.29. The van der Waals surface area contributed by atoms with Crippen molar-refractivity contribution >= 4 is 17.7 Å². The van der Waals surface area contributed by atoms with Gasteiger partial charge in [-0.25, -0.2) is 4.40 Å². The van der Waals surface area contributed by atoms with Crippen molar-refractivity contribution in [3.63, 3.8) is 0 Å². The maximum atomic E-state index is 5.61. The van der Waals surface area contributed by atoms with Crippen LogP contribution in [0.1, 0.15) is 34.1 Å². The summed E-state index contributed by atoms with van der Waals surface area (Å²) in [6, 6.07) is 0. The van der Waals surface area contributed by atoms with E-state index in [2.05, 4.69) is 31.7 Å². The Morgan fingerprint density at radius 1 is 1.41 bits per heavy atom. The normalized spacial score (nSPS) is 24.1. The van der Waals surface area contributed by atoms with Crippen LogP contribution >= 0.6 is 11.9 Å². The molecule has 1 saturated heterocycles. The van der Waals surface area contributed by atoms with Crippen molar-refractivity contribution in [3.8, 4) is 0 Å². The Hall–Kier alpha value is -0.960. The van der Waals surface area contributed by atoms with Gasteiger partial charge in [-0.3, -0.25) is 0 Å². The minimum atomic E-state index is 0.140. The molecule has 2 nitrogen and oxygen atoms in total. The lowest BCUT2D eigenvalue weighted by molar-refractivity contribution is 0.222. The third kappa shape index (κ3) is 4.43. The van der Waals surface area contributed by atoms with Crippen LogP contribution in [0.25, 0.3) is 0 Å². The van der Waals surface area contributed by atoms with Gasteiger partial charge in [-0.1, -0.05) is 12.7 Å². The predicted octanol–water partition coefficient (Wildman–Crippen LogP) is 4.31. The maximum Gasteiger partial charge on any atom is 0.124 e. The Labute approximate surface area is 109 Å². The molecular weight excluding hydrogens is 230 g/mol. The molecule has 1 heterocycles. The number of hydrogen-bond acceptors (Lipinski definition) is 3. The highest BCUT2D eigenvalue weighted by Gasteiger charge is 2.20. The molecule has 1 fully saturated rings. The molecule has 1 aliphatic heterocycles. The zero-order valence-corrected chi connectivity index (χ0v) is 11.9. The molecule has 0 aromatic carbocycles. The second-order valence-corrected chi connectivity index (χ2v) is 6.40. The number of nitrogens with zero attached hydrogens (tertiary/aromatic N) is 1. The van der Waals surface area contributed by atoms with E-state index in [9.17, 15) is 0 Å². The molecule has 0 atom stereocenters. The molecule has 0 radical (unpaired) electrons. The fourth-order valence-corrected chi connectivity index (χ4v) is 2.01. The average Bonchev–Trinajstić information content (AvgIpc) is 2.27. The van der Waals surface area contributed by atoms with Crippen molar-refractivity contribution in [3.05, 3.63) is 36.1 Å². The molecule has 0 amide bonds. The second kappa shape index (κ2) is 6.10. The first-order valence-corrected chi connectivity index (χ1v) is 6.63. The van der Waals surface area contributed by atoms with Crippen LogP contribution in [0, 0.1) is 0 Å². The van der Waals surface area contributed by atoms with Crippen LogP contribution in [0.3, 0.4) is 0 Å². The SMILES string of the molecule is C=C/C=C1C(=C/C)\OCCC\1=N/SC(C)(C)C. The van der Waals surface area contributed by atoms with E-state index in [0.717, 1.165) is 23.5 Å². The molecular formula is C14H21NOS. The van der Waals surface area contributed by atoms with Crippen molar-refractivity contribution in [2.75, 3.05) is 6.61 Å². The summed E-state index contributed by atoms with van der Waals surface area (Å²) in [5, 5.41) is 0. The number of hydrogen-bond donors (Lipinski definition) is 0. The Morgan fingerprint density at radius 2 is 2.12 bits per heavy atom. The molecule has 0 spiro atoms. The van der Waals surface area contributed by atoms with Gasteiger partial charge in [0.15, 0.2) is 0 Å². The largest absolute Gasteiger partial charge is 0.493 e. The lowest BCUT2D eigenvalue weighted by Gasteiger charge is -2.22. The molecule has 17 heavy (non-hydrogen) atoms. The average molecular weight is 251 g/mol. The van der Waals surface area contributed by atoms with E-state index in [1.54, 1.807) is 18.0 Å². The summed E-state index contributed by atoms with van der Waals surface area (Å²) < 4.78 is 10.4. The Balaban J connectivity index is 2.96. The monoisotopic (exact) mass is 251 g/mol. The molecule has 1 rings (SSSR count). The first-order valence-electron chi connectivity index (χ1n) is 5.85. The van der Waals surface area contributed by atoms with Crippen molar-refractivity contribution in [2.24, 2.45) is 4.40 Å². The zero-order chi connectivity index (χ0) is 12.9. The van der Waals surface area contributed by atoms with E-state index >= 15 is 0 Å². The van der Waals surface area contributed by atoms with Gasteiger partial charge in [0.25, 0.3) is 0 Å². The molecule has 0 N–H and O–H groups in total. The molecule has 3 heteroatoms. The standard InChI is InChI=1S/C14H21NOS/c1-6-8-11-12(15-17-14(3,4)5)9-10-16-13(11)7-2/h6-8H,1,9-10H2,2-5H3/b11-8-,13-7+,15-12+. The molecule has 0 bridgehead atoms. The summed E-state index contributed by atoms with van der Waals surface area (Å²) >= 11 is 1.61. The van der Waals surface area contributed by atoms with Crippen LogP contribution in [0.5, 0.6) is 0 Å². The number of allylic oxidation sites excluding steroid dienone is 4. The summed E-state index contributed by atoms with van der Waals surface area (Å²) in [6.07, 6.45) is 6.59. The molecule has 0 aromatic heterocycles. The highest BCUT2D eigenvalue weighted by molar-refractivity contribution is 7.99. The summed E-state index contributed by atoms with van der Waals surface area (Å²) in [5.41, 5.74) is 2.16. The predicted molar refractivity (Wildman–Crippen MR) is 77.4 cm³/mol. The van der Waals surface area contributed by atoms with E-state index in [1.807, 2.05) is 19.1 Å². The van der Waals surface area contributed by atoms with Gasteiger partial charge in [0.2, 0.25) is 0 Å². The van der Waals surface area contributed by atoms with Crippen LogP contribution in [0.4, 0.5) is 0 Å². The van der Waals surface area contributed by atoms with Gasteiger partial charge in [-0.2, -0.15) is 0 Å². The molecule has 0 aromatic rings. The fourth-order valence-electron chi connectivity index (χ4n) is 1.43. The van der Waals surface area contributed by atoms with Crippen molar-refractivity contribution in [1.82, 2.24) is 0 Å². The maximum absolute atomic E-state index is 5.61. The highest BCUT2D eigenvalue weighted by atomic mass is 32.2. The van der Waals surface area contributed by atoms with E-state index in [-0.39, 0.29) is 4.75 Å². The quantitative estimate of drug-likeness (QED) is 0.682. The second-order valence-electron chi connectivity index (χ2n) is 4.81. The van der Waals surface area contributed by atoms with Crippen LogP contribution in [-0.4, -0.2) is 17.1 Å². The minimum Gasteiger partial charge on any atom is -0.493 e. The van der Waals surface area contributed by atoms with Crippen LogP contribution in [0.15, 0.2) is 40.5 Å². The molecule has 0 aliphatic carbocycles. The third-order valence-corrected chi connectivity index (χ3v) is 3.01. The molecule has 0 saturated carbocycles. The Bertz CT molecular complexity index is 372. The van der Waals surface area contributed by atoms with Crippen LogP contribution in [0.2, 0.25) is 0 Å². The van der Waals surface area contributed by atoms with Gasteiger partial charge < -0.3 is 4.74 Å². The Morgan fingerprint density at radius 3 is 2.65 bits per heavy atom. The lowest BCUT2D eigenvalue weighted by atomic mass is 10.0. The van der Waals surface area contributed by atoms with Gasteiger partial charge >= 0.3 is 0 Å². The summed E-state index contributed by atoms with van der Waals surface area (Å²) in [5.74, 6) is 0.907. The van der Waals surface area contributed by atoms with E-state index in [0.29, 0.717) is 6.61 Å². The van der Waals surface area contributed by atoms with E-state index in [1.165, 1.54) is 0 Å². The number of rotatable bonds is 2. The summed E-state index contributed by atoms with van der Waals surface area (Å²) in [6.45, 7) is 12.9. The van der Waals surface area contributed by atoms with Crippen molar-refractivity contribution in [1.29, 1.82) is 0 Å². The molecule has 1 aliphatic rings. The molecule has 94 valence electrons. The third-order valence-electron chi connectivity index (χ3n) is 2.15. The van der Waals surface area contributed by atoms with Gasteiger partial charge in [-0.15, -0.1) is 0 Å². The van der Waals surface area contributed by atoms with Gasteiger partial charge in [0.05, 0.1) is 12.3 Å². The zero-order valence-electron chi connectivity index (χ0n) is 11.1. The van der Waals surface area contributed by atoms with Gasteiger partial charge in [0.1, 0.15) is 5.76 Å². The Kier molecular flexibility index (Phi) is 5.06. The first kappa shape index (κ1) is 14.1. The number of ether oxygens (including phenoxy) is 1.